The zero-order valence-electron chi connectivity index (χ0n) is 17.2. The van der Waals surface area contributed by atoms with E-state index in [0.29, 0.717) is 22.7 Å². The molecule has 0 spiro atoms. The molecule has 0 saturated carbocycles. The standard InChI is InChI=1S/C24H18N4O4S/c29-33(30,31-23-15-11-21(12-16-23)27-25-19-7-3-1-4-8-19)32-24-17-13-22(14-18-24)28-26-20-9-5-2-6-10-20/h1-18H/b27-25+,28-26+. The predicted molar refractivity (Wildman–Crippen MR) is 124 cm³/mol. The molecule has 0 heterocycles. The summed E-state index contributed by atoms with van der Waals surface area (Å²) >= 11 is 0. The third-order valence-corrected chi connectivity index (χ3v) is 4.94. The zero-order valence-corrected chi connectivity index (χ0v) is 18.0. The van der Waals surface area contributed by atoms with Crippen molar-refractivity contribution in [2.24, 2.45) is 20.5 Å². The number of rotatable bonds is 8. The normalized spacial score (nSPS) is 11.6. The van der Waals surface area contributed by atoms with E-state index in [-0.39, 0.29) is 11.5 Å². The van der Waals surface area contributed by atoms with Crippen molar-refractivity contribution >= 4 is 33.1 Å². The van der Waals surface area contributed by atoms with Gasteiger partial charge in [-0.15, -0.1) is 8.42 Å². The summed E-state index contributed by atoms with van der Waals surface area (Å²) < 4.78 is 34.5. The third kappa shape index (κ3) is 6.81. The fourth-order valence-corrected chi connectivity index (χ4v) is 3.34. The molecule has 9 heteroatoms. The molecule has 0 saturated heterocycles. The van der Waals surface area contributed by atoms with Crippen LogP contribution in [0.15, 0.2) is 130 Å². The van der Waals surface area contributed by atoms with Gasteiger partial charge in [0.05, 0.1) is 22.7 Å². The summed E-state index contributed by atoms with van der Waals surface area (Å²) in [6.45, 7) is 0. The minimum absolute atomic E-state index is 0.0851. The summed E-state index contributed by atoms with van der Waals surface area (Å²) in [5.41, 5.74) is 2.51. The molecule has 33 heavy (non-hydrogen) atoms. The average molecular weight is 458 g/mol. The first-order valence-corrected chi connectivity index (χ1v) is 11.2. The summed E-state index contributed by atoms with van der Waals surface area (Å²) in [6.07, 6.45) is 0. The Balaban J connectivity index is 1.35. The highest BCUT2D eigenvalue weighted by molar-refractivity contribution is 7.82. The highest BCUT2D eigenvalue weighted by Gasteiger charge is 2.15. The van der Waals surface area contributed by atoms with Crippen molar-refractivity contribution in [2.75, 3.05) is 0 Å². The van der Waals surface area contributed by atoms with E-state index in [2.05, 4.69) is 20.5 Å². The minimum atomic E-state index is -4.33. The lowest BCUT2D eigenvalue weighted by Crippen LogP contribution is -2.16. The molecule has 0 aliphatic heterocycles. The Hall–Kier alpha value is -4.37. The van der Waals surface area contributed by atoms with Crippen LogP contribution >= 0.6 is 0 Å². The molecule has 0 N–H and O–H groups in total. The number of nitrogens with zero attached hydrogens (tertiary/aromatic N) is 4. The van der Waals surface area contributed by atoms with Gasteiger partial charge in [-0.05, 0) is 72.8 Å². The maximum atomic E-state index is 12.2. The lowest BCUT2D eigenvalue weighted by Gasteiger charge is -2.08. The lowest BCUT2D eigenvalue weighted by molar-refractivity contribution is 0.392. The van der Waals surface area contributed by atoms with Crippen molar-refractivity contribution in [3.05, 3.63) is 109 Å². The summed E-state index contributed by atoms with van der Waals surface area (Å²) in [5, 5.41) is 16.4. The second-order valence-electron chi connectivity index (χ2n) is 6.63. The number of azo groups is 2. The lowest BCUT2D eigenvalue weighted by atomic mass is 10.3. The van der Waals surface area contributed by atoms with Crippen LogP contribution in [-0.4, -0.2) is 8.42 Å². The van der Waals surface area contributed by atoms with E-state index in [1.54, 1.807) is 24.3 Å². The predicted octanol–water partition coefficient (Wildman–Crippen LogP) is 7.22. The molecular formula is C24H18N4O4S. The molecule has 0 amide bonds. The van der Waals surface area contributed by atoms with Gasteiger partial charge in [0, 0.05) is 0 Å². The van der Waals surface area contributed by atoms with Crippen molar-refractivity contribution in [2.45, 2.75) is 0 Å². The topological polar surface area (TPSA) is 102 Å². The van der Waals surface area contributed by atoms with Crippen LogP contribution in [0.5, 0.6) is 11.5 Å². The minimum Gasteiger partial charge on any atom is -0.353 e. The molecule has 0 unspecified atom stereocenters. The van der Waals surface area contributed by atoms with Gasteiger partial charge in [0.25, 0.3) is 0 Å². The van der Waals surface area contributed by atoms with Crippen LogP contribution in [0, 0.1) is 0 Å². The summed E-state index contributed by atoms with van der Waals surface area (Å²) in [4.78, 5) is 0. The van der Waals surface area contributed by atoms with Gasteiger partial charge in [-0.1, -0.05) is 36.4 Å². The Labute approximate surface area is 191 Å². The first kappa shape index (κ1) is 21.8. The molecule has 0 radical (unpaired) electrons. The molecule has 0 atom stereocenters. The highest BCUT2D eigenvalue weighted by Crippen LogP contribution is 2.25. The molecule has 0 aliphatic carbocycles. The smallest absolute Gasteiger partial charge is 0.353 e. The summed E-state index contributed by atoms with van der Waals surface area (Å²) in [7, 11) is -4.33. The molecule has 8 nitrogen and oxygen atoms in total. The van der Waals surface area contributed by atoms with Crippen LogP contribution in [0.3, 0.4) is 0 Å². The fraction of sp³-hybridized carbons (Fsp3) is 0. The van der Waals surface area contributed by atoms with Gasteiger partial charge in [-0.3, -0.25) is 0 Å². The molecule has 164 valence electrons. The quantitative estimate of drug-likeness (QED) is 0.260. The van der Waals surface area contributed by atoms with Crippen LogP contribution in [-0.2, 0) is 10.4 Å². The van der Waals surface area contributed by atoms with Crippen molar-refractivity contribution in [1.82, 2.24) is 0 Å². The Bertz CT molecular complexity index is 1240. The molecule has 4 aromatic carbocycles. The van der Waals surface area contributed by atoms with E-state index in [1.165, 1.54) is 24.3 Å². The summed E-state index contributed by atoms with van der Waals surface area (Å²) in [6, 6.07) is 30.7. The van der Waals surface area contributed by atoms with E-state index in [0.717, 1.165) is 0 Å². The molecule has 0 fully saturated rings. The van der Waals surface area contributed by atoms with Gasteiger partial charge < -0.3 is 8.37 Å². The van der Waals surface area contributed by atoms with Crippen LogP contribution in [0.4, 0.5) is 22.7 Å². The van der Waals surface area contributed by atoms with Crippen LogP contribution < -0.4 is 8.37 Å². The number of benzene rings is 4. The van der Waals surface area contributed by atoms with Gasteiger partial charge in [-0.2, -0.15) is 20.5 Å². The fourth-order valence-electron chi connectivity index (χ4n) is 2.61. The first-order valence-electron chi connectivity index (χ1n) is 9.83. The highest BCUT2D eigenvalue weighted by atomic mass is 32.3. The number of hydrogen-bond acceptors (Lipinski definition) is 8. The number of hydrogen-bond donors (Lipinski definition) is 0. The Kier molecular flexibility index (Phi) is 6.81. The second kappa shape index (κ2) is 10.3. The SMILES string of the molecule is O=S(=O)(Oc1ccc(/N=N/c2ccccc2)cc1)Oc1ccc(/N=N/c2ccccc2)cc1. The Morgan fingerprint density at radius 2 is 0.727 bits per heavy atom. The molecule has 0 aromatic heterocycles. The van der Waals surface area contributed by atoms with E-state index in [4.69, 9.17) is 8.37 Å². The van der Waals surface area contributed by atoms with Crippen molar-refractivity contribution in [3.63, 3.8) is 0 Å². The Morgan fingerprint density at radius 1 is 0.424 bits per heavy atom. The zero-order chi connectivity index (χ0) is 22.9. The monoisotopic (exact) mass is 458 g/mol. The van der Waals surface area contributed by atoms with Crippen LogP contribution in [0.2, 0.25) is 0 Å². The van der Waals surface area contributed by atoms with Crippen molar-refractivity contribution in [3.8, 4) is 11.5 Å². The van der Waals surface area contributed by atoms with Crippen LogP contribution in [0.25, 0.3) is 0 Å². The molecule has 4 rings (SSSR count). The van der Waals surface area contributed by atoms with Crippen LogP contribution in [0.1, 0.15) is 0 Å². The second-order valence-corrected chi connectivity index (χ2v) is 7.78. The average Bonchev–Trinajstić information content (AvgIpc) is 2.84. The molecule has 0 bridgehead atoms. The molecular weight excluding hydrogens is 440 g/mol. The van der Waals surface area contributed by atoms with Crippen molar-refractivity contribution in [1.29, 1.82) is 0 Å². The van der Waals surface area contributed by atoms with E-state index in [9.17, 15) is 8.42 Å². The maximum Gasteiger partial charge on any atom is 0.500 e. The summed E-state index contributed by atoms with van der Waals surface area (Å²) in [5.74, 6) is 0.170. The largest absolute Gasteiger partial charge is 0.500 e. The third-order valence-electron chi connectivity index (χ3n) is 4.14. The maximum absolute atomic E-state index is 12.2. The molecule has 0 aliphatic rings. The van der Waals surface area contributed by atoms with E-state index >= 15 is 0 Å². The van der Waals surface area contributed by atoms with Gasteiger partial charge in [0.2, 0.25) is 0 Å². The van der Waals surface area contributed by atoms with E-state index < -0.39 is 10.4 Å². The molecule has 4 aromatic rings. The van der Waals surface area contributed by atoms with E-state index in [1.807, 2.05) is 60.7 Å². The van der Waals surface area contributed by atoms with Gasteiger partial charge in [0.1, 0.15) is 11.5 Å². The first-order chi connectivity index (χ1) is 16.1. The van der Waals surface area contributed by atoms with Gasteiger partial charge in [-0.25, -0.2) is 0 Å². The van der Waals surface area contributed by atoms with Gasteiger partial charge >= 0.3 is 10.4 Å². The van der Waals surface area contributed by atoms with Gasteiger partial charge in [0.15, 0.2) is 0 Å². The van der Waals surface area contributed by atoms with Crippen molar-refractivity contribution < 1.29 is 16.8 Å². The Morgan fingerprint density at radius 3 is 1.06 bits per heavy atom.